The second-order valence-corrected chi connectivity index (χ2v) is 10.2. The van der Waals surface area contributed by atoms with Crippen LogP contribution in [0.25, 0.3) is 11.3 Å². The Morgan fingerprint density at radius 2 is 1.91 bits per heavy atom. The number of thiazole rings is 1. The Morgan fingerprint density at radius 1 is 1.18 bits per heavy atom. The van der Waals surface area contributed by atoms with Crippen LogP contribution in [-0.4, -0.2) is 62.5 Å². The number of piperazine rings is 1. The van der Waals surface area contributed by atoms with Crippen molar-refractivity contribution in [2.75, 3.05) is 24.5 Å². The summed E-state index contributed by atoms with van der Waals surface area (Å²) < 4.78 is 0. The summed E-state index contributed by atoms with van der Waals surface area (Å²) in [5, 5.41) is 11.5. The maximum atomic E-state index is 12.9. The molecule has 0 saturated carbocycles. The van der Waals surface area contributed by atoms with E-state index in [1.807, 2.05) is 11.0 Å². The number of benzene rings is 1. The molecule has 8 nitrogen and oxygen atoms in total. The van der Waals surface area contributed by atoms with Gasteiger partial charge in [0.2, 0.25) is 5.82 Å². The Kier molecular flexibility index (Phi) is 7.35. The number of aromatic nitrogens is 3. The molecule has 34 heavy (non-hydrogen) atoms. The minimum atomic E-state index is -1.09. The molecule has 1 fully saturated rings. The largest absolute Gasteiger partial charge is 0.480 e. The van der Waals surface area contributed by atoms with Crippen LogP contribution in [0.4, 0.5) is 5.13 Å². The van der Waals surface area contributed by atoms with Crippen molar-refractivity contribution in [3.8, 4) is 11.3 Å². The molecule has 1 N–H and O–H groups in total. The van der Waals surface area contributed by atoms with Gasteiger partial charge in [0.1, 0.15) is 6.04 Å². The number of carbonyl (C=O) groups excluding carboxylic acids is 1. The predicted octanol–water partition coefficient (Wildman–Crippen LogP) is 4.52. The highest BCUT2D eigenvalue weighted by molar-refractivity contribution is 7.16. The first-order valence-corrected chi connectivity index (χ1v) is 12.3. The molecule has 2 aromatic heterocycles. The van der Waals surface area contributed by atoms with Crippen LogP contribution in [0.1, 0.15) is 29.3 Å². The molecule has 1 atom stereocenters. The summed E-state index contributed by atoms with van der Waals surface area (Å²) in [7, 11) is 0. The van der Waals surface area contributed by atoms with Gasteiger partial charge in [-0.2, -0.15) is 0 Å². The summed E-state index contributed by atoms with van der Waals surface area (Å²) in [6.45, 7) is 5.04. The van der Waals surface area contributed by atoms with E-state index in [9.17, 15) is 14.7 Å². The molecule has 3 aromatic rings. The van der Waals surface area contributed by atoms with Crippen molar-refractivity contribution < 1.29 is 14.7 Å². The number of hydrogen-bond acceptors (Lipinski definition) is 7. The predicted molar refractivity (Wildman–Crippen MR) is 133 cm³/mol. The van der Waals surface area contributed by atoms with Gasteiger partial charge >= 0.3 is 5.97 Å². The first-order chi connectivity index (χ1) is 16.2. The lowest BCUT2D eigenvalue weighted by Crippen LogP contribution is -2.58. The highest BCUT2D eigenvalue weighted by Gasteiger charge is 2.37. The van der Waals surface area contributed by atoms with Crippen LogP contribution >= 0.6 is 34.5 Å². The van der Waals surface area contributed by atoms with Gasteiger partial charge in [-0.25, -0.2) is 19.7 Å². The molecule has 178 valence electrons. The fourth-order valence-electron chi connectivity index (χ4n) is 3.80. The average molecular weight is 520 g/mol. The van der Waals surface area contributed by atoms with E-state index in [1.54, 1.807) is 18.2 Å². The second-order valence-electron chi connectivity index (χ2n) is 8.37. The van der Waals surface area contributed by atoms with Crippen LogP contribution in [0.15, 0.2) is 36.7 Å². The number of amides is 1. The molecule has 0 bridgehead atoms. The molecule has 1 aliphatic heterocycles. The van der Waals surface area contributed by atoms with Crippen molar-refractivity contribution >= 4 is 51.5 Å². The third-order valence-corrected chi connectivity index (χ3v) is 7.30. The Labute approximate surface area is 211 Å². The maximum absolute atomic E-state index is 12.9. The highest BCUT2D eigenvalue weighted by atomic mass is 35.5. The molecule has 0 radical (unpaired) electrons. The summed E-state index contributed by atoms with van der Waals surface area (Å²) >= 11 is 13.9. The summed E-state index contributed by atoms with van der Waals surface area (Å²) in [6, 6.07) is 5.98. The van der Waals surface area contributed by atoms with E-state index in [0.717, 1.165) is 22.6 Å². The van der Waals surface area contributed by atoms with Gasteiger partial charge in [0, 0.05) is 35.9 Å². The van der Waals surface area contributed by atoms with Crippen LogP contribution in [0.3, 0.4) is 0 Å². The molecule has 0 aliphatic carbocycles. The van der Waals surface area contributed by atoms with E-state index in [0.29, 0.717) is 27.6 Å². The number of rotatable bonds is 6. The molecule has 3 heterocycles. The van der Waals surface area contributed by atoms with E-state index < -0.39 is 17.9 Å². The maximum Gasteiger partial charge on any atom is 0.328 e. The smallest absolute Gasteiger partial charge is 0.328 e. The molecule has 11 heteroatoms. The van der Waals surface area contributed by atoms with Crippen molar-refractivity contribution in [3.05, 3.63) is 57.4 Å². The highest BCUT2D eigenvalue weighted by Crippen LogP contribution is 2.37. The van der Waals surface area contributed by atoms with E-state index in [1.165, 1.54) is 28.6 Å². The number of hydrogen-bond donors (Lipinski definition) is 1. The van der Waals surface area contributed by atoms with Crippen molar-refractivity contribution in [2.24, 2.45) is 5.92 Å². The fraction of sp³-hybridized carbons (Fsp3) is 0.348. The lowest BCUT2D eigenvalue weighted by molar-refractivity contribution is -0.142. The molecule has 1 saturated heterocycles. The fourth-order valence-corrected chi connectivity index (χ4v) is 5.43. The zero-order chi connectivity index (χ0) is 24.4. The molecule has 1 unspecified atom stereocenters. The minimum Gasteiger partial charge on any atom is -0.480 e. The normalized spacial score (nSPS) is 16.2. The van der Waals surface area contributed by atoms with Crippen molar-refractivity contribution in [1.82, 2.24) is 19.9 Å². The summed E-state index contributed by atoms with van der Waals surface area (Å²) in [4.78, 5) is 42.1. The Balaban J connectivity index is 1.63. The van der Waals surface area contributed by atoms with E-state index in [4.69, 9.17) is 28.2 Å². The van der Waals surface area contributed by atoms with Crippen LogP contribution in [0.5, 0.6) is 0 Å². The van der Waals surface area contributed by atoms with E-state index in [2.05, 4.69) is 23.8 Å². The number of aliphatic carboxylic acids is 1. The quantitative estimate of drug-likeness (QED) is 0.510. The number of halogens is 2. The van der Waals surface area contributed by atoms with Gasteiger partial charge in [-0.3, -0.25) is 4.79 Å². The zero-order valence-electron chi connectivity index (χ0n) is 18.6. The van der Waals surface area contributed by atoms with Crippen LogP contribution in [0.2, 0.25) is 10.0 Å². The standard InChI is InChI=1S/C23H23Cl2N5O3S/c1-13(2)10-18-19(14-4-5-15(24)16(25)11-14)28-23(34-18)29-8-9-30(17(12-29)22(32)33)21(31)20-26-6-3-7-27-20/h3-7,11,13,17H,8-10,12H2,1-2H3,(H,32,33). The first-order valence-electron chi connectivity index (χ1n) is 10.8. The third kappa shape index (κ3) is 5.16. The summed E-state index contributed by atoms with van der Waals surface area (Å²) in [5.74, 6) is -1.19. The number of nitrogens with zero attached hydrogens (tertiary/aromatic N) is 5. The molecule has 4 rings (SSSR count). The molecule has 1 aromatic carbocycles. The second kappa shape index (κ2) is 10.2. The monoisotopic (exact) mass is 519 g/mol. The van der Waals surface area contributed by atoms with Gasteiger partial charge in [0.25, 0.3) is 5.91 Å². The topological polar surface area (TPSA) is 99.5 Å². The van der Waals surface area contributed by atoms with Crippen molar-refractivity contribution in [3.63, 3.8) is 0 Å². The van der Waals surface area contributed by atoms with Crippen molar-refractivity contribution in [2.45, 2.75) is 26.3 Å². The molecular formula is C23H23Cl2N5O3S. The Morgan fingerprint density at radius 3 is 2.56 bits per heavy atom. The molecule has 0 spiro atoms. The van der Waals surface area contributed by atoms with Gasteiger partial charge in [0.05, 0.1) is 22.3 Å². The SMILES string of the molecule is CC(C)Cc1sc(N2CCN(C(=O)c3ncccn3)C(C(=O)O)C2)nc1-c1ccc(Cl)c(Cl)c1. The molecule has 1 amide bonds. The van der Waals surface area contributed by atoms with Crippen LogP contribution in [-0.2, 0) is 11.2 Å². The van der Waals surface area contributed by atoms with Gasteiger partial charge in [-0.15, -0.1) is 11.3 Å². The zero-order valence-corrected chi connectivity index (χ0v) is 20.9. The number of carboxylic acid groups (broad SMARTS) is 1. The third-order valence-electron chi connectivity index (χ3n) is 5.43. The number of anilines is 1. The van der Waals surface area contributed by atoms with Gasteiger partial charge in [-0.1, -0.05) is 43.1 Å². The van der Waals surface area contributed by atoms with Crippen molar-refractivity contribution in [1.29, 1.82) is 0 Å². The van der Waals surface area contributed by atoms with Crippen LogP contribution < -0.4 is 4.90 Å². The number of carbonyl (C=O) groups is 2. The Hall–Kier alpha value is -2.75. The van der Waals surface area contributed by atoms with Gasteiger partial charge < -0.3 is 14.9 Å². The summed E-state index contributed by atoms with van der Waals surface area (Å²) in [5.41, 5.74) is 1.67. The Bertz CT molecular complexity index is 1200. The van der Waals surface area contributed by atoms with E-state index in [-0.39, 0.29) is 18.9 Å². The minimum absolute atomic E-state index is 0.0161. The first kappa shape index (κ1) is 24.4. The number of carboxylic acids is 1. The molecule has 1 aliphatic rings. The van der Waals surface area contributed by atoms with Gasteiger partial charge in [-0.05, 0) is 30.5 Å². The van der Waals surface area contributed by atoms with Crippen LogP contribution in [0, 0.1) is 5.92 Å². The van der Waals surface area contributed by atoms with Gasteiger partial charge in [0.15, 0.2) is 5.13 Å². The average Bonchev–Trinajstić information content (AvgIpc) is 3.23. The summed E-state index contributed by atoms with van der Waals surface area (Å²) in [6.07, 6.45) is 3.74. The molecular weight excluding hydrogens is 497 g/mol. The lowest BCUT2D eigenvalue weighted by Gasteiger charge is -2.38. The lowest BCUT2D eigenvalue weighted by atomic mass is 10.0. The van der Waals surface area contributed by atoms with E-state index >= 15 is 0 Å².